The van der Waals surface area contributed by atoms with Crippen LogP contribution in [-0.2, 0) is 21.2 Å². The fourth-order valence-electron chi connectivity index (χ4n) is 2.46. The molecule has 1 aromatic heterocycles. The summed E-state index contributed by atoms with van der Waals surface area (Å²) in [4.78, 5) is 24.4. The van der Waals surface area contributed by atoms with Crippen molar-refractivity contribution >= 4 is 37.4 Å². The second-order valence-electron chi connectivity index (χ2n) is 5.99. The van der Waals surface area contributed by atoms with Gasteiger partial charge in [-0.1, -0.05) is 34.1 Å². The van der Waals surface area contributed by atoms with Gasteiger partial charge in [0.05, 0.1) is 4.90 Å². The van der Waals surface area contributed by atoms with Crippen LogP contribution in [0, 0.1) is 6.92 Å². The first-order valence-electron chi connectivity index (χ1n) is 8.22. The normalized spacial score (nSPS) is 11.2. The van der Waals surface area contributed by atoms with Gasteiger partial charge in [-0.3, -0.25) is 9.59 Å². The van der Waals surface area contributed by atoms with Crippen molar-refractivity contribution in [1.29, 1.82) is 0 Å². The highest BCUT2D eigenvalue weighted by molar-refractivity contribution is 9.10. The first-order chi connectivity index (χ1) is 13.3. The number of para-hydroxylation sites is 1. The highest BCUT2D eigenvalue weighted by atomic mass is 79.9. The van der Waals surface area contributed by atoms with Gasteiger partial charge in [0.2, 0.25) is 15.7 Å². The molecule has 2 aromatic carbocycles. The average Bonchev–Trinajstić information content (AvgIpc) is 2.65. The molecule has 0 radical (unpaired) electrons. The quantitative estimate of drug-likeness (QED) is 0.629. The Bertz CT molecular complexity index is 1190. The van der Waals surface area contributed by atoms with Crippen molar-refractivity contribution in [3.8, 4) is 0 Å². The lowest BCUT2D eigenvalue weighted by Gasteiger charge is -2.10. The topological polar surface area (TPSA) is 98.1 Å². The van der Waals surface area contributed by atoms with Crippen LogP contribution >= 0.6 is 15.9 Å². The molecule has 7 nitrogen and oxygen atoms in total. The molecule has 0 unspecified atom stereocenters. The lowest BCUT2D eigenvalue weighted by Crippen LogP contribution is -2.30. The van der Waals surface area contributed by atoms with Crippen LogP contribution in [0.25, 0.3) is 0 Å². The van der Waals surface area contributed by atoms with E-state index in [2.05, 4.69) is 26.3 Å². The van der Waals surface area contributed by atoms with Gasteiger partial charge in [0.25, 0.3) is 5.56 Å². The highest BCUT2D eigenvalue weighted by Crippen LogP contribution is 2.20. The first-order valence-corrected chi connectivity index (χ1v) is 10.5. The molecule has 0 saturated heterocycles. The van der Waals surface area contributed by atoms with Gasteiger partial charge in [-0.2, -0.15) is 5.10 Å². The third-order valence-corrected chi connectivity index (χ3v) is 6.14. The van der Waals surface area contributed by atoms with Crippen LogP contribution in [0.2, 0.25) is 0 Å². The minimum Gasteiger partial charge on any atom is -0.324 e. The fourth-order valence-corrected chi connectivity index (χ4v) is 3.91. The summed E-state index contributed by atoms with van der Waals surface area (Å²) in [6.45, 7) is 1.43. The second kappa shape index (κ2) is 8.07. The molecular weight excluding hydrogens is 446 g/mol. The van der Waals surface area contributed by atoms with Crippen molar-refractivity contribution in [2.75, 3.05) is 5.32 Å². The molecule has 3 rings (SSSR count). The molecule has 0 bridgehead atoms. The van der Waals surface area contributed by atoms with Gasteiger partial charge >= 0.3 is 0 Å². The average molecular weight is 462 g/mol. The van der Waals surface area contributed by atoms with E-state index in [1.54, 1.807) is 24.3 Å². The summed E-state index contributed by atoms with van der Waals surface area (Å²) in [6, 6.07) is 15.5. The monoisotopic (exact) mass is 461 g/mol. The standard InChI is InChI=1S/C19H16BrN3O4S/c1-13-4-2-3-5-16(13)21-17(24)12-23-19(25)11-10-18(22-23)28(26,27)15-8-6-14(20)7-9-15/h2-11H,12H2,1H3,(H,21,24). The summed E-state index contributed by atoms with van der Waals surface area (Å²) in [5.41, 5.74) is 0.900. The lowest BCUT2D eigenvalue weighted by molar-refractivity contribution is -0.117. The number of carbonyl (C=O) groups excluding carboxylic acids is 1. The second-order valence-corrected chi connectivity index (χ2v) is 8.80. The number of hydrogen-bond donors (Lipinski definition) is 1. The molecule has 0 atom stereocenters. The van der Waals surface area contributed by atoms with Crippen molar-refractivity contribution in [2.45, 2.75) is 23.4 Å². The number of sulfone groups is 1. The zero-order chi connectivity index (χ0) is 20.3. The third-order valence-electron chi connectivity index (χ3n) is 3.95. The van der Waals surface area contributed by atoms with E-state index in [4.69, 9.17) is 0 Å². The Balaban J connectivity index is 1.87. The highest BCUT2D eigenvalue weighted by Gasteiger charge is 2.21. The number of carbonyl (C=O) groups is 1. The number of rotatable bonds is 5. The van der Waals surface area contributed by atoms with Crippen LogP contribution in [-0.4, -0.2) is 24.1 Å². The molecule has 0 fully saturated rings. The molecule has 1 amide bonds. The van der Waals surface area contributed by atoms with Gasteiger partial charge in [-0.15, -0.1) is 0 Å². The number of anilines is 1. The molecule has 1 heterocycles. The fraction of sp³-hybridized carbons (Fsp3) is 0.105. The summed E-state index contributed by atoms with van der Waals surface area (Å²) < 4.78 is 27.0. The summed E-state index contributed by atoms with van der Waals surface area (Å²) >= 11 is 3.25. The van der Waals surface area contributed by atoms with Crippen molar-refractivity contribution in [2.24, 2.45) is 0 Å². The Morgan fingerprint density at radius 2 is 1.75 bits per heavy atom. The maximum absolute atomic E-state index is 12.7. The Labute approximate surface area is 170 Å². The molecule has 1 N–H and O–H groups in total. The van der Waals surface area contributed by atoms with Gasteiger partial charge in [0.1, 0.15) is 6.54 Å². The molecule has 0 aliphatic rings. The van der Waals surface area contributed by atoms with E-state index < -0.39 is 27.8 Å². The zero-order valence-electron chi connectivity index (χ0n) is 14.8. The summed E-state index contributed by atoms with van der Waals surface area (Å²) in [7, 11) is -3.92. The van der Waals surface area contributed by atoms with E-state index in [9.17, 15) is 18.0 Å². The van der Waals surface area contributed by atoms with E-state index in [-0.39, 0.29) is 9.92 Å². The molecule has 3 aromatic rings. The number of halogens is 1. The number of aromatic nitrogens is 2. The number of amides is 1. The largest absolute Gasteiger partial charge is 0.324 e. The van der Waals surface area contributed by atoms with E-state index in [1.165, 1.54) is 12.1 Å². The van der Waals surface area contributed by atoms with Gasteiger partial charge in [0.15, 0.2) is 5.03 Å². The SMILES string of the molecule is Cc1ccccc1NC(=O)Cn1nc(S(=O)(=O)c2ccc(Br)cc2)ccc1=O. The minimum atomic E-state index is -3.92. The molecule has 0 aliphatic carbocycles. The van der Waals surface area contributed by atoms with Crippen molar-refractivity contribution in [1.82, 2.24) is 9.78 Å². The summed E-state index contributed by atoms with van der Waals surface area (Å²) in [6.07, 6.45) is 0. The zero-order valence-corrected chi connectivity index (χ0v) is 17.2. The first kappa shape index (κ1) is 20.0. The summed E-state index contributed by atoms with van der Waals surface area (Å²) in [5, 5.41) is 6.27. The van der Waals surface area contributed by atoms with Crippen LogP contribution in [0.4, 0.5) is 5.69 Å². The van der Waals surface area contributed by atoms with Crippen molar-refractivity contribution in [3.05, 3.63) is 81.1 Å². The molecule has 0 saturated carbocycles. The van der Waals surface area contributed by atoms with E-state index in [0.717, 1.165) is 26.9 Å². The van der Waals surface area contributed by atoms with Gasteiger partial charge in [-0.05, 0) is 48.9 Å². The predicted molar refractivity (Wildman–Crippen MR) is 108 cm³/mol. The van der Waals surface area contributed by atoms with Crippen LogP contribution < -0.4 is 10.9 Å². The van der Waals surface area contributed by atoms with Gasteiger partial charge in [0, 0.05) is 16.2 Å². The number of benzene rings is 2. The Morgan fingerprint density at radius 1 is 1.07 bits per heavy atom. The lowest BCUT2D eigenvalue weighted by atomic mass is 10.2. The van der Waals surface area contributed by atoms with Crippen molar-refractivity contribution < 1.29 is 13.2 Å². The number of nitrogens with zero attached hydrogens (tertiary/aromatic N) is 2. The van der Waals surface area contributed by atoms with Crippen LogP contribution in [0.1, 0.15) is 5.56 Å². The van der Waals surface area contributed by atoms with Gasteiger partial charge in [-0.25, -0.2) is 13.1 Å². The minimum absolute atomic E-state index is 0.0396. The van der Waals surface area contributed by atoms with E-state index in [1.807, 2.05) is 19.1 Å². The van der Waals surface area contributed by atoms with Crippen LogP contribution in [0.15, 0.2) is 79.9 Å². The number of hydrogen-bond acceptors (Lipinski definition) is 5. The van der Waals surface area contributed by atoms with E-state index in [0.29, 0.717) is 5.69 Å². The smallest absolute Gasteiger partial charge is 0.267 e. The molecule has 144 valence electrons. The maximum atomic E-state index is 12.7. The molecule has 28 heavy (non-hydrogen) atoms. The predicted octanol–water partition coefficient (Wildman–Crippen LogP) is 2.79. The van der Waals surface area contributed by atoms with Gasteiger partial charge < -0.3 is 5.32 Å². The Hall–Kier alpha value is -2.78. The molecular formula is C19H16BrN3O4S. The Kier molecular flexibility index (Phi) is 5.76. The molecule has 0 spiro atoms. The number of aryl methyl sites for hydroxylation is 1. The Morgan fingerprint density at radius 3 is 2.43 bits per heavy atom. The molecule has 9 heteroatoms. The third kappa shape index (κ3) is 4.37. The molecule has 0 aliphatic heterocycles. The van der Waals surface area contributed by atoms with Crippen LogP contribution in [0.3, 0.4) is 0 Å². The van der Waals surface area contributed by atoms with Crippen molar-refractivity contribution in [3.63, 3.8) is 0 Å². The van der Waals surface area contributed by atoms with E-state index >= 15 is 0 Å². The summed E-state index contributed by atoms with van der Waals surface area (Å²) in [5.74, 6) is -0.484. The maximum Gasteiger partial charge on any atom is 0.267 e. The van der Waals surface area contributed by atoms with Crippen LogP contribution in [0.5, 0.6) is 0 Å². The number of nitrogens with one attached hydrogen (secondary N) is 1.